The Labute approximate surface area is 212 Å². The van der Waals surface area contributed by atoms with Crippen LogP contribution >= 0.6 is 0 Å². The van der Waals surface area contributed by atoms with Crippen LogP contribution in [0, 0.1) is 5.82 Å². The van der Waals surface area contributed by atoms with Crippen molar-refractivity contribution < 1.29 is 9.18 Å². The molecule has 1 saturated heterocycles. The number of nitrogens with zero attached hydrogens (tertiary/aromatic N) is 3. The second-order valence-electron chi connectivity index (χ2n) is 9.46. The Hall–Kier alpha value is -2.69. The number of benzene rings is 1. The predicted molar refractivity (Wildman–Crippen MR) is 147 cm³/mol. The second-order valence-corrected chi connectivity index (χ2v) is 9.46. The topological polar surface area (TPSA) is 35.9 Å². The third-order valence-electron chi connectivity index (χ3n) is 6.97. The summed E-state index contributed by atoms with van der Waals surface area (Å²) in [6.45, 7) is 11.2. The summed E-state index contributed by atoms with van der Waals surface area (Å²) in [6, 6.07) is 7.07. The van der Waals surface area contributed by atoms with E-state index < -0.39 is 0 Å². The average molecular weight is 482 g/mol. The van der Waals surface area contributed by atoms with Crippen molar-refractivity contribution in [2.75, 3.05) is 13.6 Å². The van der Waals surface area contributed by atoms with Gasteiger partial charge in [-0.05, 0) is 70.6 Å². The molecular formula is C30H44FN3O. The number of aliphatic imine (C=N–C) groups is 1. The molecule has 0 bridgehead atoms. The van der Waals surface area contributed by atoms with E-state index in [1.165, 1.54) is 12.3 Å². The number of halogens is 1. The van der Waals surface area contributed by atoms with Crippen molar-refractivity contribution in [1.82, 2.24) is 9.80 Å². The van der Waals surface area contributed by atoms with E-state index in [1.54, 1.807) is 12.1 Å². The Balaban J connectivity index is 2.53. The van der Waals surface area contributed by atoms with E-state index in [1.807, 2.05) is 42.8 Å². The summed E-state index contributed by atoms with van der Waals surface area (Å²) in [6.07, 6.45) is 13.7. The third kappa shape index (κ3) is 8.19. The van der Waals surface area contributed by atoms with E-state index in [0.717, 1.165) is 74.8 Å². The van der Waals surface area contributed by atoms with Crippen LogP contribution in [0.25, 0.3) is 5.57 Å². The molecule has 1 unspecified atom stereocenters. The van der Waals surface area contributed by atoms with E-state index >= 15 is 0 Å². The molecule has 1 aliphatic rings. The van der Waals surface area contributed by atoms with Crippen molar-refractivity contribution in [1.29, 1.82) is 0 Å². The number of unbranched alkanes of at least 4 members (excludes halogenated alkanes) is 1. The van der Waals surface area contributed by atoms with Crippen LogP contribution in [0.4, 0.5) is 4.39 Å². The fraction of sp³-hybridized carbons (Fsp3) is 0.533. The normalized spacial score (nSPS) is 18.5. The molecule has 1 aliphatic heterocycles. The van der Waals surface area contributed by atoms with Crippen molar-refractivity contribution >= 4 is 17.7 Å². The molecule has 1 aromatic rings. The fourth-order valence-electron chi connectivity index (χ4n) is 4.46. The number of carbonyl (C=O) groups is 1. The van der Waals surface area contributed by atoms with Gasteiger partial charge in [0.15, 0.2) is 0 Å². The van der Waals surface area contributed by atoms with E-state index in [9.17, 15) is 9.18 Å². The minimum atomic E-state index is -0.260. The number of hydrogen-bond acceptors (Lipinski definition) is 3. The summed E-state index contributed by atoms with van der Waals surface area (Å²) in [7, 11) is 1.98. The first-order valence-electron chi connectivity index (χ1n) is 13.2. The standard InChI is InChI=1S/C30H44FN3O/c1-7-10-17-25(9-3)33(6)29(32-22-30(35)34-20-15-11-12-16-24(34)5)21-27(23(4)8-2)26-18-13-14-19-28(26)31/h9,13-14,18-19,21-22,24H,7-8,10-12,15-17,20H2,1-6H3/b25-9-,27-23+,29-21-,32-22?. The van der Waals surface area contributed by atoms with E-state index in [-0.39, 0.29) is 17.8 Å². The van der Waals surface area contributed by atoms with Gasteiger partial charge in [-0.1, -0.05) is 63.0 Å². The first kappa shape index (κ1) is 28.5. The third-order valence-corrected chi connectivity index (χ3v) is 6.97. The van der Waals surface area contributed by atoms with Gasteiger partial charge in [-0.25, -0.2) is 9.38 Å². The largest absolute Gasteiger partial charge is 0.335 e. The molecule has 1 aromatic carbocycles. The van der Waals surface area contributed by atoms with Crippen molar-refractivity contribution in [3.63, 3.8) is 0 Å². The van der Waals surface area contributed by atoms with Gasteiger partial charge in [-0.3, -0.25) is 4.79 Å². The Morgan fingerprint density at radius 2 is 1.97 bits per heavy atom. The Morgan fingerprint density at radius 3 is 2.63 bits per heavy atom. The molecule has 1 fully saturated rings. The maximum absolute atomic E-state index is 14.8. The maximum atomic E-state index is 14.8. The van der Waals surface area contributed by atoms with Crippen LogP contribution in [0.2, 0.25) is 0 Å². The van der Waals surface area contributed by atoms with Crippen LogP contribution in [0.3, 0.4) is 0 Å². The van der Waals surface area contributed by atoms with Gasteiger partial charge in [0.25, 0.3) is 5.91 Å². The lowest BCUT2D eigenvalue weighted by Crippen LogP contribution is -2.39. The van der Waals surface area contributed by atoms with Crippen LogP contribution in [0.5, 0.6) is 0 Å². The highest BCUT2D eigenvalue weighted by Crippen LogP contribution is 2.28. The van der Waals surface area contributed by atoms with Gasteiger partial charge in [0.1, 0.15) is 11.6 Å². The molecule has 192 valence electrons. The molecule has 1 amide bonds. The summed E-state index contributed by atoms with van der Waals surface area (Å²) in [5.41, 5.74) is 3.56. The first-order valence-corrected chi connectivity index (χ1v) is 13.2. The molecule has 1 atom stereocenters. The Bertz CT molecular complexity index is 960. The second kappa shape index (κ2) is 14.7. The zero-order chi connectivity index (χ0) is 25.8. The van der Waals surface area contributed by atoms with Gasteiger partial charge in [0.05, 0.1) is 6.21 Å². The van der Waals surface area contributed by atoms with E-state index in [2.05, 4.69) is 26.8 Å². The highest BCUT2D eigenvalue weighted by atomic mass is 19.1. The lowest BCUT2D eigenvalue weighted by molar-refractivity contribution is -0.125. The highest BCUT2D eigenvalue weighted by molar-refractivity contribution is 6.26. The summed E-state index contributed by atoms with van der Waals surface area (Å²) in [4.78, 5) is 21.8. The van der Waals surface area contributed by atoms with Gasteiger partial charge in [0, 0.05) is 30.9 Å². The minimum Gasteiger partial charge on any atom is -0.335 e. The SMILES string of the molecule is C/C=C(/CCCC)N(C)/C(=C\C(=C(\C)CC)c1ccccc1F)N=CC(=O)N1CCCCCC1C. The predicted octanol–water partition coefficient (Wildman–Crippen LogP) is 7.74. The van der Waals surface area contributed by atoms with Crippen molar-refractivity contribution in [3.05, 3.63) is 64.9 Å². The highest BCUT2D eigenvalue weighted by Gasteiger charge is 2.21. The van der Waals surface area contributed by atoms with Gasteiger partial charge in [0.2, 0.25) is 0 Å². The molecular weight excluding hydrogens is 437 g/mol. The Morgan fingerprint density at radius 1 is 1.23 bits per heavy atom. The molecule has 0 saturated carbocycles. The number of hydrogen-bond donors (Lipinski definition) is 0. The van der Waals surface area contributed by atoms with E-state index in [0.29, 0.717) is 11.4 Å². The number of allylic oxidation sites excluding steroid dienone is 5. The summed E-state index contributed by atoms with van der Waals surface area (Å²) >= 11 is 0. The maximum Gasteiger partial charge on any atom is 0.265 e. The van der Waals surface area contributed by atoms with Crippen LogP contribution in [-0.2, 0) is 4.79 Å². The molecule has 4 nitrogen and oxygen atoms in total. The minimum absolute atomic E-state index is 0.0575. The van der Waals surface area contributed by atoms with Gasteiger partial charge < -0.3 is 9.80 Å². The van der Waals surface area contributed by atoms with Crippen LogP contribution in [-0.4, -0.2) is 41.6 Å². The molecule has 2 rings (SSSR count). The molecule has 0 radical (unpaired) electrons. The van der Waals surface area contributed by atoms with Crippen molar-refractivity contribution in [2.24, 2.45) is 4.99 Å². The van der Waals surface area contributed by atoms with Crippen LogP contribution in [0.15, 0.2) is 58.5 Å². The summed E-state index contributed by atoms with van der Waals surface area (Å²) < 4.78 is 14.8. The van der Waals surface area contributed by atoms with Crippen LogP contribution in [0.1, 0.15) is 91.5 Å². The zero-order valence-electron chi connectivity index (χ0n) is 22.6. The molecule has 35 heavy (non-hydrogen) atoms. The molecule has 0 N–H and O–H groups in total. The molecule has 1 heterocycles. The zero-order valence-corrected chi connectivity index (χ0v) is 22.6. The van der Waals surface area contributed by atoms with Gasteiger partial charge >= 0.3 is 0 Å². The van der Waals surface area contributed by atoms with Gasteiger partial charge in [-0.2, -0.15) is 0 Å². The molecule has 0 aliphatic carbocycles. The van der Waals surface area contributed by atoms with Crippen molar-refractivity contribution in [3.8, 4) is 0 Å². The van der Waals surface area contributed by atoms with E-state index in [4.69, 9.17) is 4.99 Å². The number of carbonyl (C=O) groups excluding carboxylic acids is 1. The van der Waals surface area contributed by atoms with Crippen molar-refractivity contribution in [2.45, 2.75) is 92.0 Å². The number of likely N-dealkylation sites (tertiary alicyclic amines) is 1. The molecule has 0 spiro atoms. The summed E-state index contributed by atoms with van der Waals surface area (Å²) in [5.74, 6) is 0.318. The molecule has 5 heteroatoms. The monoisotopic (exact) mass is 481 g/mol. The summed E-state index contributed by atoms with van der Waals surface area (Å²) in [5, 5.41) is 0. The lowest BCUT2D eigenvalue weighted by atomic mass is 9.98. The fourth-order valence-corrected chi connectivity index (χ4v) is 4.46. The smallest absolute Gasteiger partial charge is 0.265 e. The van der Waals surface area contributed by atoms with Gasteiger partial charge in [-0.15, -0.1) is 0 Å². The van der Waals surface area contributed by atoms with Crippen LogP contribution < -0.4 is 0 Å². The number of amides is 1. The average Bonchev–Trinajstić information content (AvgIpc) is 3.08. The molecule has 0 aromatic heterocycles. The Kier molecular flexibility index (Phi) is 11.9. The first-order chi connectivity index (χ1) is 16.8. The lowest BCUT2D eigenvalue weighted by Gasteiger charge is -2.26. The quantitative estimate of drug-likeness (QED) is 0.253. The number of rotatable bonds is 10.